The highest BCUT2D eigenvalue weighted by Crippen LogP contribution is 2.40. The molecular weight excluding hydrogens is 426 g/mol. The summed E-state index contributed by atoms with van der Waals surface area (Å²) in [6.07, 6.45) is 7.67. The molecule has 1 aliphatic rings. The van der Waals surface area contributed by atoms with Gasteiger partial charge in [0.05, 0.1) is 6.61 Å². The number of aliphatic hydroxyl groups is 1. The van der Waals surface area contributed by atoms with Crippen LogP contribution < -0.4 is 4.74 Å². The quantitative estimate of drug-likeness (QED) is 0.429. The van der Waals surface area contributed by atoms with Crippen molar-refractivity contribution in [2.45, 2.75) is 38.3 Å². The fraction of sp³-hybridized carbons (Fsp3) is 0.391. The van der Waals surface area contributed by atoms with Crippen molar-refractivity contribution >= 4 is 5.65 Å². The second-order valence-electron chi connectivity index (χ2n) is 7.27. The van der Waals surface area contributed by atoms with E-state index in [0.29, 0.717) is 18.2 Å². The maximum absolute atomic E-state index is 13.8. The maximum atomic E-state index is 13.8. The molecule has 2 aromatic heterocycles. The molecule has 3 aromatic rings. The Morgan fingerprint density at radius 3 is 2.31 bits per heavy atom. The van der Waals surface area contributed by atoms with E-state index in [-0.39, 0.29) is 29.7 Å². The minimum atomic E-state index is -4.62. The first-order chi connectivity index (χ1) is 15.3. The second kappa shape index (κ2) is 11.0. The molecule has 0 radical (unpaired) electrons. The summed E-state index contributed by atoms with van der Waals surface area (Å²) >= 11 is 0. The normalized spacial score (nSPS) is 14.0. The molecule has 0 aliphatic heterocycles. The smallest absolute Gasteiger partial charge is 0.423 e. The maximum Gasteiger partial charge on any atom is 0.423 e. The van der Waals surface area contributed by atoms with Crippen molar-refractivity contribution in [3.8, 4) is 18.6 Å². The number of rotatable bonds is 6. The van der Waals surface area contributed by atoms with Gasteiger partial charge in [-0.3, -0.25) is 4.40 Å². The molecule has 32 heavy (non-hydrogen) atoms. The predicted molar refractivity (Wildman–Crippen MR) is 113 cm³/mol. The van der Waals surface area contributed by atoms with Gasteiger partial charge in [-0.05, 0) is 42.5 Å². The molecule has 0 spiro atoms. The highest BCUT2D eigenvalue weighted by atomic mass is 19.4. The van der Waals surface area contributed by atoms with Crippen LogP contribution in [0.5, 0.6) is 5.75 Å². The molecule has 0 saturated heterocycles. The Hall–Kier alpha value is -3.12. The van der Waals surface area contributed by atoms with Gasteiger partial charge in [-0.15, -0.1) is 23.0 Å². The molecule has 1 aliphatic carbocycles. The van der Waals surface area contributed by atoms with E-state index in [1.54, 1.807) is 12.1 Å². The fourth-order valence-electron chi connectivity index (χ4n) is 3.19. The monoisotopic (exact) mass is 451 g/mol. The van der Waals surface area contributed by atoms with Crippen LogP contribution in [0.25, 0.3) is 5.65 Å². The number of aliphatic hydroxyl groups excluding tert-OH is 1. The first-order valence-electron chi connectivity index (χ1n) is 9.93. The van der Waals surface area contributed by atoms with Crippen LogP contribution in [0, 0.1) is 24.6 Å². The third-order valence-corrected chi connectivity index (χ3v) is 4.99. The Kier molecular flexibility index (Phi) is 8.61. The molecule has 0 unspecified atom stereocenters. The summed E-state index contributed by atoms with van der Waals surface area (Å²) in [6.45, 7) is 1.83. The number of hydrogen-bond donors (Lipinski definition) is 1. The molecule has 0 bridgehead atoms. The molecular formula is C23H25F4N3O2. The van der Waals surface area contributed by atoms with E-state index in [0.717, 1.165) is 25.5 Å². The summed E-state index contributed by atoms with van der Waals surface area (Å²) in [5.74, 6) is 0.166. The average Bonchev–Trinajstić information content (AvgIpc) is 3.52. The van der Waals surface area contributed by atoms with Crippen LogP contribution in [0.3, 0.4) is 0 Å². The summed E-state index contributed by atoms with van der Waals surface area (Å²) in [5, 5.41) is 14.8. The van der Waals surface area contributed by atoms with Crippen molar-refractivity contribution in [2.24, 2.45) is 5.92 Å². The van der Waals surface area contributed by atoms with E-state index >= 15 is 0 Å². The fourth-order valence-corrected chi connectivity index (χ4v) is 3.19. The minimum Gasteiger partial charge on any atom is -0.492 e. The van der Waals surface area contributed by atoms with Gasteiger partial charge in [-0.2, -0.15) is 13.2 Å². The van der Waals surface area contributed by atoms with Crippen LogP contribution in [0.4, 0.5) is 17.6 Å². The highest BCUT2D eigenvalue weighted by Gasteiger charge is 2.39. The Labute approximate surface area is 184 Å². The average molecular weight is 451 g/mol. The first kappa shape index (κ1) is 25.1. The minimum absolute atomic E-state index is 0.0218. The molecule has 1 aromatic carbocycles. The number of ether oxygens (including phenoxy) is 1. The molecule has 1 atom stereocenters. The molecule has 0 amide bonds. The predicted octanol–water partition coefficient (Wildman–Crippen LogP) is 4.88. The lowest BCUT2D eigenvalue weighted by molar-refractivity contribution is -0.138. The Morgan fingerprint density at radius 1 is 1.12 bits per heavy atom. The van der Waals surface area contributed by atoms with Crippen LogP contribution in [-0.2, 0) is 12.6 Å². The molecule has 1 saturated carbocycles. The third kappa shape index (κ3) is 5.98. The van der Waals surface area contributed by atoms with Gasteiger partial charge >= 0.3 is 6.18 Å². The van der Waals surface area contributed by atoms with Crippen molar-refractivity contribution in [1.82, 2.24) is 14.6 Å². The summed E-state index contributed by atoms with van der Waals surface area (Å²) in [7, 11) is 1.00. The van der Waals surface area contributed by atoms with Crippen molar-refractivity contribution < 1.29 is 27.4 Å². The number of benzene rings is 1. The van der Waals surface area contributed by atoms with E-state index in [9.17, 15) is 17.6 Å². The molecule has 9 heteroatoms. The van der Waals surface area contributed by atoms with Gasteiger partial charge in [0.15, 0.2) is 5.65 Å². The zero-order chi connectivity index (χ0) is 23.9. The Balaban J connectivity index is 0.000000860. The third-order valence-electron chi connectivity index (χ3n) is 4.99. The summed E-state index contributed by atoms with van der Waals surface area (Å²) in [6, 6.07) is 7.14. The van der Waals surface area contributed by atoms with Crippen molar-refractivity contribution in [3.05, 3.63) is 59.3 Å². The highest BCUT2D eigenvalue weighted by molar-refractivity contribution is 5.56. The zero-order valence-electron chi connectivity index (χ0n) is 17.8. The van der Waals surface area contributed by atoms with Crippen LogP contribution in [0.2, 0.25) is 0 Å². The number of fused-ring (bicyclic) bond motifs is 1. The number of nitrogens with zero attached hydrogens (tertiary/aromatic N) is 3. The van der Waals surface area contributed by atoms with Crippen LogP contribution in [0.1, 0.15) is 42.6 Å². The van der Waals surface area contributed by atoms with E-state index in [1.165, 1.54) is 28.8 Å². The Morgan fingerprint density at radius 2 is 1.75 bits per heavy atom. The van der Waals surface area contributed by atoms with E-state index in [4.69, 9.17) is 9.84 Å². The molecule has 1 fully saturated rings. The summed E-state index contributed by atoms with van der Waals surface area (Å²) < 4.78 is 61.2. The van der Waals surface area contributed by atoms with E-state index in [1.807, 2.05) is 6.92 Å². The summed E-state index contributed by atoms with van der Waals surface area (Å²) in [4.78, 5) is 0. The van der Waals surface area contributed by atoms with Gasteiger partial charge in [0.25, 0.3) is 0 Å². The van der Waals surface area contributed by atoms with Crippen molar-refractivity contribution in [2.75, 3.05) is 13.7 Å². The van der Waals surface area contributed by atoms with Gasteiger partial charge in [-0.1, -0.05) is 19.1 Å². The zero-order valence-corrected chi connectivity index (χ0v) is 17.8. The van der Waals surface area contributed by atoms with E-state index in [2.05, 4.69) is 23.0 Å². The van der Waals surface area contributed by atoms with Crippen LogP contribution in [-0.4, -0.2) is 33.4 Å². The van der Waals surface area contributed by atoms with Gasteiger partial charge in [-0.25, -0.2) is 4.39 Å². The number of alkyl halides is 3. The lowest BCUT2D eigenvalue weighted by atomic mass is 10.0. The molecule has 5 nitrogen and oxygen atoms in total. The van der Waals surface area contributed by atoms with Gasteiger partial charge in [0, 0.05) is 25.6 Å². The number of terminal acetylenes is 1. The number of halogens is 4. The second-order valence-corrected chi connectivity index (χ2v) is 7.27. The lowest BCUT2D eigenvalue weighted by Gasteiger charge is -2.18. The van der Waals surface area contributed by atoms with E-state index < -0.39 is 11.7 Å². The van der Waals surface area contributed by atoms with Crippen molar-refractivity contribution in [1.29, 1.82) is 0 Å². The topological polar surface area (TPSA) is 59.7 Å². The largest absolute Gasteiger partial charge is 0.492 e. The SMILES string of the molecule is C#C.CO.C[C@H](COc1ccn2c(CC3CC3)nnc2c1C(F)(F)F)c1ccc(F)cc1. The van der Waals surface area contributed by atoms with Gasteiger partial charge in [0.1, 0.15) is 23.0 Å². The van der Waals surface area contributed by atoms with Gasteiger partial charge < -0.3 is 9.84 Å². The Bertz CT molecular complexity index is 1030. The lowest BCUT2D eigenvalue weighted by Crippen LogP contribution is -2.14. The first-order valence-corrected chi connectivity index (χ1v) is 9.93. The van der Waals surface area contributed by atoms with Crippen LogP contribution in [0.15, 0.2) is 36.5 Å². The van der Waals surface area contributed by atoms with Crippen LogP contribution >= 0.6 is 0 Å². The number of pyridine rings is 1. The van der Waals surface area contributed by atoms with Crippen molar-refractivity contribution in [3.63, 3.8) is 0 Å². The summed E-state index contributed by atoms with van der Waals surface area (Å²) in [5.41, 5.74) is -0.379. The molecule has 4 rings (SSSR count). The number of hydrogen-bond acceptors (Lipinski definition) is 4. The molecule has 1 N–H and O–H groups in total. The van der Waals surface area contributed by atoms with Gasteiger partial charge in [0.2, 0.25) is 0 Å². The standard InChI is InChI=1S/C20H19F4N3O.C2H2.CH4O/c1-12(14-4-6-15(21)7-5-14)11-28-16-8-9-27-17(10-13-2-3-13)25-26-19(27)18(16)20(22,23)24;2*1-2/h4-9,12-13H,2-3,10-11H2,1H3;1-2H;2H,1H3/t12-;;/m1../s1. The molecule has 2 heterocycles. The number of aromatic nitrogens is 3. The molecule has 172 valence electrons.